The highest BCUT2D eigenvalue weighted by Crippen LogP contribution is 2.19. The highest BCUT2D eigenvalue weighted by Gasteiger charge is 2.16. The van der Waals surface area contributed by atoms with Crippen LogP contribution in [0.5, 0.6) is 11.5 Å². The van der Waals surface area contributed by atoms with Crippen LogP contribution < -0.4 is 14.8 Å². The number of rotatable bonds is 11. The van der Waals surface area contributed by atoms with Crippen molar-refractivity contribution in [1.82, 2.24) is 10.2 Å². The number of ether oxygens (including phenoxy) is 2. The fourth-order valence-electron chi connectivity index (χ4n) is 2.57. The topological polar surface area (TPSA) is 50.8 Å². The minimum absolute atomic E-state index is 0.0215. The zero-order valence-electron chi connectivity index (χ0n) is 16.7. The molecule has 0 aliphatic rings. The van der Waals surface area contributed by atoms with Gasteiger partial charge in [0.25, 0.3) is 0 Å². The van der Waals surface area contributed by atoms with Crippen molar-refractivity contribution in [2.24, 2.45) is 0 Å². The molecule has 27 heavy (non-hydrogen) atoms. The standard InChI is InChI=1S/C21H30N2O3S/c1-5-25-18-6-8-19(9-7-18)26-12-11-22-21(24)15-23(16(2)3)14-20-17(4)10-13-27-20/h6-10,13,16H,5,11-12,14-15H2,1-4H3,(H,22,24). The summed E-state index contributed by atoms with van der Waals surface area (Å²) in [4.78, 5) is 15.8. The zero-order chi connectivity index (χ0) is 19.6. The van der Waals surface area contributed by atoms with E-state index in [-0.39, 0.29) is 5.91 Å². The summed E-state index contributed by atoms with van der Waals surface area (Å²) in [5.41, 5.74) is 1.29. The van der Waals surface area contributed by atoms with Crippen LogP contribution in [0.15, 0.2) is 35.7 Å². The quantitative estimate of drug-likeness (QED) is 0.592. The normalized spacial score (nSPS) is 11.0. The molecule has 0 spiro atoms. The number of carbonyl (C=O) groups excluding carboxylic acids is 1. The molecule has 0 saturated carbocycles. The lowest BCUT2D eigenvalue weighted by molar-refractivity contribution is -0.122. The third kappa shape index (κ3) is 7.23. The number of nitrogens with zero attached hydrogens (tertiary/aromatic N) is 1. The molecule has 1 amide bonds. The summed E-state index contributed by atoms with van der Waals surface area (Å²) in [7, 11) is 0. The van der Waals surface area contributed by atoms with Crippen molar-refractivity contribution in [1.29, 1.82) is 0 Å². The van der Waals surface area contributed by atoms with Crippen LogP contribution in [0.1, 0.15) is 31.2 Å². The summed E-state index contributed by atoms with van der Waals surface area (Å²) in [5, 5.41) is 5.04. The zero-order valence-corrected chi connectivity index (χ0v) is 17.5. The van der Waals surface area contributed by atoms with E-state index in [1.165, 1.54) is 10.4 Å². The number of amides is 1. The van der Waals surface area contributed by atoms with Crippen LogP contribution in [0.3, 0.4) is 0 Å². The predicted octanol–water partition coefficient (Wildman–Crippen LogP) is 3.86. The van der Waals surface area contributed by atoms with E-state index in [9.17, 15) is 4.79 Å². The summed E-state index contributed by atoms with van der Waals surface area (Å²) in [6, 6.07) is 9.93. The Hall–Kier alpha value is -2.05. The van der Waals surface area contributed by atoms with E-state index in [2.05, 4.69) is 42.4 Å². The lowest BCUT2D eigenvalue weighted by Crippen LogP contribution is -2.41. The Morgan fingerprint density at radius 2 is 1.81 bits per heavy atom. The molecule has 2 aromatic rings. The molecule has 0 aliphatic heterocycles. The van der Waals surface area contributed by atoms with Gasteiger partial charge in [0.2, 0.25) is 5.91 Å². The van der Waals surface area contributed by atoms with Crippen molar-refractivity contribution in [3.8, 4) is 11.5 Å². The van der Waals surface area contributed by atoms with Crippen LogP contribution in [-0.2, 0) is 11.3 Å². The maximum Gasteiger partial charge on any atom is 0.234 e. The molecular weight excluding hydrogens is 360 g/mol. The maximum absolute atomic E-state index is 12.3. The molecule has 6 heteroatoms. The number of benzene rings is 1. The van der Waals surface area contributed by atoms with Gasteiger partial charge in [0, 0.05) is 17.5 Å². The van der Waals surface area contributed by atoms with Crippen LogP contribution in [0.2, 0.25) is 0 Å². The Morgan fingerprint density at radius 3 is 2.37 bits per heavy atom. The van der Waals surface area contributed by atoms with E-state index in [4.69, 9.17) is 9.47 Å². The van der Waals surface area contributed by atoms with Crippen molar-refractivity contribution in [3.05, 3.63) is 46.2 Å². The van der Waals surface area contributed by atoms with Crippen LogP contribution >= 0.6 is 11.3 Å². The second-order valence-electron chi connectivity index (χ2n) is 6.63. The Morgan fingerprint density at radius 1 is 1.15 bits per heavy atom. The molecule has 148 valence electrons. The largest absolute Gasteiger partial charge is 0.494 e. The first-order valence-corrected chi connectivity index (χ1v) is 10.3. The van der Waals surface area contributed by atoms with Gasteiger partial charge in [0.05, 0.1) is 19.7 Å². The molecule has 0 fully saturated rings. The molecule has 1 N–H and O–H groups in total. The van der Waals surface area contributed by atoms with Gasteiger partial charge in [0.1, 0.15) is 18.1 Å². The SMILES string of the molecule is CCOc1ccc(OCCNC(=O)CN(Cc2sccc2C)C(C)C)cc1. The molecule has 1 aromatic heterocycles. The Balaban J connectivity index is 1.71. The van der Waals surface area contributed by atoms with Crippen molar-refractivity contribution in [3.63, 3.8) is 0 Å². The summed E-state index contributed by atoms with van der Waals surface area (Å²) in [5.74, 6) is 1.62. The van der Waals surface area contributed by atoms with Gasteiger partial charge in [-0.1, -0.05) is 0 Å². The Bertz CT molecular complexity index is 698. The molecular formula is C21H30N2O3S. The Labute approximate surface area is 166 Å². The number of aryl methyl sites for hydroxylation is 1. The van der Waals surface area contributed by atoms with Gasteiger partial charge >= 0.3 is 0 Å². The number of hydrogen-bond acceptors (Lipinski definition) is 5. The van der Waals surface area contributed by atoms with Gasteiger partial charge in [-0.05, 0) is 69.0 Å². The highest BCUT2D eigenvalue weighted by atomic mass is 32.1. The van der Waals surface area contributed by atoms with Gasteiger partial charge in [-0.15, -0.1) is 11.3 Å². The first-order chi connectivity index (χ1) is 13.0. The lowest BCUT2D eigenvalue weighted by atomic mass is 10.2. The molecule has 0 radical (unpaired) electrons. The number of thiophene rings is 1. The minimum Gasteiger partial charge on any atom is -0.494 e. The molecule has 2 rings (SSSR count). The molecule has 0 bridgehead atoms. The minimum atomic E-state index is 0.0215. The van der Waals surface area contributed by atoms with Crippen molar-refractivity contribution >= 4 is 17.2 Å². The third-order valence-corrected chi connectivity index (χ3v) is 5.23. The van der Waals surface area contributed by atoms with E-state index in [0.717, 1.165) is 18.0 Å². The van der Waals surface area contributed by atoms with E-state index in [1.807, 2.05) is 31.2 Å². The summed E-state index contributed by atoms with van der Waals surface area (Å²) >= 11 is 1.74. The molecule has 0 aliphatic carbocycles. The average Bonchev–Trinajstić information content (AvgIpc) is 3.04. The van der Waals surface area contributed by atoms with Crippen LogP contribution in [0.4, 0.5) is 0 Å². The van der Waals surface area contributed by atoms with E-state index in [0.29, 0.717) is 32.3 Å². The van der Waals surface area contributed by atoms with Crippen LogP contribution in [-0.4, -0.2) is 43.2 Å². The number of carbonyl (C=O) groups is 1. The fourth-order valence-corrected chi connectivity index (χ4v) is 3.50. The predicted molar refractivity (Wildman–Crippen MR) is 111 cm³/mol. The molecule has 1 aromatic carbocycles. The number of nitrogens with one attached hydrogen (secondary N) is 1. The number of hydrogen-bond donors (Lipinski definition) is 1. The van der Waals surface area contributed by atoms with E-state index < -0.39 is 0 Å². The van der Waals surface area contributed by atoms with Crippen molar-refractivity contribution in [2.75, 3.05) is 26.3 Å². The van der Waals surface area contributed by atoms with E-state index in [1.54, 1.807) is 11.3 Å². The smallest absolute Gasteiger partial charge is 0.234 e. The van der Waals surface area contributed by atoms with Crippen LogP contribution in [0, 0.1) is 6.92 Å². The van der Waals surface area contributed by atoms with Crippen molar-refractivity contribution < 1.29 is 14.3 Å². The first-order valence-electron chi connectivity index (χ1n) is 9.39. The second kappa shape index (κ2) is 10.9. The van der Waals surface area contributed by atoms with Gasteiger partial charge in [-0.2, -0.15) is 0 Å². The lowest BCUT2D eigenvalue weighted by Gasteiger charge is -2.25. The third-order valence-electron chi connectivity index (χ3n) is 4.22. The maximum atomic E-state index is 12.3. The molecule has 1 heterocycles. The molecule has 0 saturated heterocycles. The monoisotopic (exact) mass is 390 g/mol. The van der Waals surface area contributed by atoms with Gasteiger partial charge in [-0.25, -0.2) is 0 Å². The van der Waals surface area contributed by atoms with Crippen molar-refractivity contribution in [2.45, 2.75) is 40.3 Å². The molecule has 0 atom stereocenters. The fraction of sp³-hybridized carbons (Fsp3) is 0.476. The first kappa shape index (κ1) is 21.3. The van der Waals surface area contributed by atoms with E-state index >= 15 is 0 Å². The Kier molecular flexibility index (Phi) is 8.61. The van der Waals surface area contributed by atoms with Gasteiger partial charge < -0.3 is 14.8 Å². The summed E-state index contributed by atoms with van der Waals surface area (Å²) < 4.78 is 11.1. The average molecular weight is 391 g/mol. The molecule has 5 nitrogen and oxygen atoms in total. The highest BCUT2D eigenvalue weighted by molar-refractivity contribution is 7.10. The second-order valence-corrected chi connectivity index (χ2v) is 7.63. The summed E-state index contributed by atoms with van der Waals surface area (Å²) in [6.07, 6.45) is 0. The van der Waals surface area contributed by atoms with Gasteiger partial charge in [0.15, 0.2) is 0 Å². The molecule has 0 unspecified atom stereocenters. The van der Waals surface area contributed by atoms with Gasteiger partial charge in [-0.3, -0.25) is 9.69 Å². The summed E-state index contributed by atoms with van der Waals surface area (Å²) in [6.45, 7) is 11.1. The van der Waals surface area contributed by atoms with Crippen LogP contribution in [0.25, 0.3) is 0 Å².